The number of ether oxygens (including phenoxy) is 2. The number of aliphatic hydroxyl groups is 1. The number of carbonyl (C=O) groups is 6. The van der Waals surface area contributed by atoms with Gasteiger partial charge in [0.2, 0.25) is 23.6 Å². The van der Waals surface area contributed by atoms with Crippen molar-refractivity contribution in [2.45, 2.75) is 155 Å². The van der Waals surface area contributed by atoms with Crippen LogP contribution in [0, 0.1) is 23.7 Å². The van der Waals surface area contributed by atoms with Crippen molar-refractivity contribution in [3.8, 4) is 0 Å². The molecule has 0 saturated carbocycles. The monoisotopic (exact) mass is 892 g/mol. The highest BCUT2D eigenvalue weighted by Gasteiger charge is 2.43. The number of unbranched alkanes of at least 4 members (excludes halogenated alkanes) is 1. The van der Waals surface area contributed by atoms with E-state index in [0.29, 0.717) is 56.2 Å². The van der Waals surface area contributed by atoms with Crippen LogP contribution < -0.4 is 16.0 Å². The maximum absolute atomic E-state index is 14.2. The Labute approximate surface area is 382 Å². The standard InChI is InChI=1S/C50H77N5O9/c1-12-33(6)45(54(10)50(62)44(32(4)5)53-49(61)43(51-9)31(2)3)40(63-11)30-41(57)55-29-21-26-38(55)46(59)34(7)48(60)52-35(8)47(37-24-17-14-18-25-37)64-42(58)28-20-19-27-39(56)36-22-15-13-16-23-36/h13-18,22-25,31-35,38,40,43-47,51,59H,12,19-21,26-30H2,1-11H3,(H,52,60)(H,53,61)/t33-,34+,35+,38-,40+,43-,44-,45-,46+,47?/m0/s1. The predicted molar refractivity (Wildman–Crippen MR) is 248 cm³/mol. The average molecular weight is 892 g/mol. The molecule has 2 aromatic carbocycles. The second-order valence-corrected chi connectivity index (χ2v) is 18.2. The number of benzene rings is 2. The summed E-state index contributed by atoms with van der Waals surface area (Å²) in [7, 11) is 4.93. The van der Waals surface area contributed by atoms with E-state index < -0.39 is 66.3 Å². The molecule has 1 heterocycles. The van der Waals surface area contributed by atoms with Crippen molar-refractivity contribution in [1.82, 2.24) is 25.8 Å². The summed E-state index contributed by atoms with van der Waals surface area (Å²) in [4.78, 5) is 84.4. The summed E-state index contributed by atoms with van der Waals surface area (Å²) in [6.07, 6.45) is 0.456. The van der Waals surface area contributed by atoms with Crippen molar-refractivity contribution in [3.05, 3.63) is 71.8 Å². The number of nitrogens with zero attached hydrogens (tertiary/aromatic N) is 2. The molecule has 64 heavy (non-hydrogen) atoms. The SMILES string of the molecule is CC[C@H](C)[C@@H]([C@@H](CC(=O)N1CCC[C@H]1[C@H](O)[C@@H](C)C(=O)N[C@H](C)C(OC(=O)CCCCC(=O)c1ccccc1)c1ccccc1)OC)N(C)C(=O)[C@@H](NC(=O)[C@@H](NC)C(C)C)C(C)C. The molecular weight excluding hydrogens is 815 g/mol. The molecule has 0 bridgehead atoms. The van der Waals surface area contributed by atoms with E-state index in [9.17, 15) is 33.9 Å². The van der Waals surface area contributed by atoms with Gasteiger partial charge < -0.3 is 40.3 Å². The van der Waals surface area contributed by atoms with E-state index in [1.54, 1.807) is 49.9 Å². The van der Waals surface area contributed by atoms with Gasteiger partial charge in [0.25, 0.3) is 0 Å². The third-order valence-electron chi connectivity index (χ3n) is 12.9. The van der Waals surface area contributed by atoms with Crippen LogP contribution in [0.1, 0.15) is 129 Å². The number of hydrogen-bond acceptors (Lipinski definition) is 10. The molecule has 0 aromatic heterocycles. The summed E-state index contributed by atoms with van der Waals surface area (Å²) >= 11 is 0. The average Bonchev–Trinajstić information content (AvgIpc) is 3.78. The predicted octanol–water partition coefficient (Wildman–Crippen LogP) is 5.87. The smallest absolute Gasteiger partial charge is 0.306 e. The lowest BCUT2D eigenvalue weighted by atomic mass is 9.89. The zero-order chi connectivity index (χ0) is 47.7. The van der Waals surface area contributed by atoms with Gasteiger partial charge in [0.05, 0.1) is 48.7 Å². The van der Waals surface area contributed by atoms with E-state index in [2.05, 4.69) is 16.0 Å². The van der Waals surface area contributed by atoms with Crippen molar-refractivity contribution in [1.29, 1.82) is 0 Å². The fourth-order valence-corrected chi connectivity index (χ4v) is 8.76. The first-order chi connectivity index (χ1) is 30.4. The molecule has 4 N–H and O–H groups in total. The topological polar surface area (TPSA) is 184 Å². The van der Waals surface area contributed by atoms with Gasteiger partial charge in [-0.05, 0) is 63.0 Å². The quantitative estimate of drug-likeness (QED) is 0.0507. The van der Waals surface area contributed by atoms with Gasteiger partial charge in [-0.3, -0.25) is 28.8 Å². The number of aliphatic hydroxyl groups excluding tert-OH is 1. The third-order valence-corrected chi connectivity index (χ3v) is 12.9. The molecule has 0 spiro atoms. The first-order valence-electron chi connectivity index (χ1n) is 23.3. The van der Waals surface area contributed by atoms with Gasteiger partial charge in [-0.15, -0.1) is 0 Å². The Morgan fingerprint density at radius 1 is 0.828 bits per heavy atom. The maximum Gasteiger partial charge on any atom is 0.306 e. The lowest BCUT2D eigenvalue weighted by Crippen LogP contribution is -2.59. The van der Waals surface area contributed by atoms with E-state index in [4.69, 9.17) is 9.47 Å². The minimum absolute atomic E-state index is 0.00648. The number of likely N-dealkylation sites (N-methyl/N-ethyl adjacent to an activating group) is 2. The van der Waals surface area contributed by atoms with E-state index in [0.717, 1.165) is 0 Å². The van der Waals surface area contributed by atoms with Crippen molar-refractivity contribution in [2.75, 3.05) is 27.7 Å². The summed E-state index contributed by atoms with van der Waals surface area (Å²) in [5, 5.41) is 20.7. The molecule has 2 aromatic rings. The number of hydrogen-bond donors (Lipinski definition) is 4. The van der Waals surface area contributed by atoms with Gasteiger partial charge in [-0.1, -0.05) is 116 Å². The maximum atomic E-state index is 14.2. The Hall–Kier alpha value is -4.66. The fraction of sp³-hybridized carbons (Fsp3) is 0.640. The molecule has 1 aliphatic rings. The molecule has 3 rings (SSSR count). The van der Waals surface area contributed by atoms with Crippen molar-refractivity contribution < 1.29 is 43.3 Å². The Balaban J connectivity index is 1.69. The van der Waals surface area contributed by atoms with Gasteiger partial charge in [0, 0.05) is 39.1 Å². The summed E-state index contributed by atoms with van der Waals surface area (Å²) in [5.74, 6) is -2.89. The third kappa shape index (κ3) is 14.9. The summed E-state index contributed by atoms with van der Waals surface area (Å²) < 4.78 is 12.0. The van der Waals surface area contributed by atoms with Gasteiger partial charge in [-0.25, -0.2) is 0 Å². The molecule has 10 atom stereocenters. The van der Waals surface area contributed by atoms with Crippen LogP contribution in [0.15, 0.2) is 60.7 Å². The summed E-state index contributed by atoms with van der Waals surface area (Å²) in [5.41, 5.74) is 1.33. The molecule has 0 aliphatic carbocycles. The molecule has 14 nitrogen and oxygen atoms in total. The van der Waals surface area contributed by atoms with Crippen LogP contribution in [0.3, 0.4) is 0 Å². The van der Waals surface area contributed by atoms with Crippen LogP contribution in [-0.4, -0.2) is 120 Å². The number of nitrogens with one attached hydrogen (secondary N) is 3. The zero-order valence-corrected chi connectivity index (χ0v) is 40.2. The Bertz CT molecular complexity index is 1790. The number of ketones is 1. The number of carbonyl (C=O) groups excluding carboxylic acids is 6. The zero-order valence-electron chi connectivity index (χ0n) is 40.2. The van der Waals surface area contributed by atoms with E-state index in [-0.39, 0.29) is 54.1 Å². The van der Waals surface area contributed by atoms with Crippen LogP contribution in [-0.2, 0) is 33.4 Å². The Morgan fingerprint density at radius 2 is 1.42 bits per heavy atom. The molecule has 0 radical (unpaired) electrons. The first-order valence-corrected chi connectivity index (χ1v) is 23.3. The normalized spacial score (nSPS) is 18.2. The molecule has 14 heteroatoms. The molecule has 1 unspecified atom stereocenters. The summed E-state index contributed by atoms with van der Waals surface area (Å²) in [6.45, 7) is 15.4. The largest absolute Gasteiger partial charge is 0.455 e. The number of Topliss-reactive ketones (excluding diaryl/α,β-unsaturated/α-hetero) is 1. The first kappa shape index (κ1) is 53.7. The van der Waals surface area contributed by atoms with Gasteiger partial charge in [0.1, 0.15) is 12.1 Å². The molecule has 1 saturated heterocycles. The molecule has 1 fully saturated rings. The van der Waals surface area contributed by atoms with Gasteiger partial charge in [-0.2, -0.15) is 0 Å². The molecule has 1 aliphatic heterocycles. The minimum atomic E-state index is -1.20. The highest BCUT2D eigenvalue weighted by Crippen LogP contribution is 2.29. The number of rotatable bonds is 26. The second kappa shape index (κ2) is 26.3. The van der Waals surface area contributed by atoms with Crippen molar-refractivity contribution in [3.63, 3.8) is 0 Å². The van der Waals surface area contributed by atoms with Crippen LogP contribution in [0.2, 0.25) is 0 Å². The summed E-state index contributed by atoms with van der Waals surface area (Å²) in [6, 6.07) is 15.1. The van der Waals surface area contributed by atoms with E-state index in [1.165, 1.54) is 7.11 Å². The van der Waals surface area contributed by atoms with Crippen molar-refractivity contribution in [2.24, 2.45) is 23.7 Å². The number of methoxy groups -OCH3 is 1. The fourth-order valence-electron chi connectivity index (χ4n) is 8.76. The minimum Gasteiger partial charge on any atom is -0.455 e. The van der Waals surface area contributed by atoms with Crippen LogP contribution >= 0.6 is 0 Å². The molecular formula is C50H77N5O9. The molecule has 4 amide bonds. The van der Waals surface area contributed by atoms with Crippen LogP contribution in [0.4, 0.5) is 0 Å². The highest BCUT2D eigenvalue weighted by molar-refractivity contribution is 5.96. The number of amides is 4. The van der Waals surface area contributed by atoms with Crippen molar-refractivity contribution >= 4 is 35.4 Å². The number of esters is 1. The lowest BCUT2D eigenvalue weighted by molar-refractivity contribution is -0.152. The van der Waals surface area contributed by atoms with Crippen LogP contribution in [0.5, 0.6) is 0 Å². The molecule has 356 valence electrons. The van der Waals surface area contributed by atoms with Gasteiger partial charge in [0.15, 0.2) is 5.78 Å². The lowest BCUT2D eigenvalue weighted by Gasteiger charge is -2.40. The second-order valence-electron chi connectivity index (χ2n) is 18.2. The highest BCUT2D eigenvalue weighted by atomic mass is 16.5. The number of likely N-dealkylation sites (tertiary alicyclic amines) is 1. The van der Waals surface area contributed by atoms with Gasteiger partial charge >= 0.3 is 5.97 Å². The van der Waals surface area contributed by atoms with E-state index >= 15 is 0 Å². The van der Waals surface area contributed by atoms with Crippen LogP contribution in [0.25, 0.3) is 0 Å². The van der Waals surface area contributed by atoms with E-state index in [1.807, 2.05) is 90.1 Å². The Kier molecular flexibility index (Phi) is 22.1. The Morgan fingerprint density at radius 3 is 1.98 bits per heavy atom.